The summed E-state index contributed by atoms with van der Waals surface area (Å²) in [6.45, 7) is 2.32. The number of halogens is 2. The average molecular weight is 501 g/mol. The van der Waals surface area contributed by atoms with Crippen LogP contribution in [0.2, 0.25) is 0 Å². The Morgan fingerprint density at radius 2 is 2.00 bits per heavy atom. The van der Waals surface area contributed by atoms with Gasteiger partial charge in [0.2, 0.25) is 12.4 Å². The van der Waals surface area contributed by atoms with Crippen molar-refractivity contribution >= 4 is 27.2 Å². The molecule has 1 aliphatic carbocycles. The molecule has 2 fully saturated rings. The van der Waals surface area contributed by atoms with Gasteiger partial charge >= 0.3 is 0 Å². The number of anilines is 1. The first-order valence-electron chi connectivity index (χ1n) is 11.4. The van der Waals surface area contributed by atoms with Crippen LogP contribution in [0.5, 0.6) is 0 Å². The van der Waals surface area contributed by atoms with Crippen LogP contribution in [0.4, 0.5) is 14.7 Å². The zero-order valence-electron chi connectivity index (χ0n) is 19.2. The number of nitrogens with zero attached hydrogens (tertiary/aromatic N) is 4. The lowest BCUT2D eigenvalue weighted by molar-refractivity contribution is 0.0265. The van der Waals surface area contributed by atoms with Gasteiger partial charge in [0.1, 0.15) is 5.65 Å². The van der Waals surface area contributed by atoms with E-state index in [0.717, 1.165) is 0 Å². The normalized spacial score (nSPS) is 24.8. The monoisotopic (exact) mass is 500 g/mol. The van der Waals surface area contributed by atoms with Crippen molar-refractivity contribution in [2.75, 3.05) is 25.5 Å². The van der Waals surface area contributed by atoms with Crippen LogP contribution in [0.15, 0.2) is 17.1 Å². The molecule has 188 valence electrons. The molecular formula is C21H30F2N6O4S. The van der Waals surface area contributed by atoms with Gasteiger partial charge in [-0.1, -0.05) is 0 Å². The van der Waals surface area contributed by atoms with E-state index < -0.39 is 40.3 Å². The largest absolute Gasteiger partial charge is 0.388 e. The van der Waals surface area contributed by atoms with E-state index in [1.165, 1.54) is 28.2 Å². The maximum absolute atomic E-state index is 13.2. The first kappa shape index (κ1) is 24.9. The minimum absolute atomic E-state index is 0.0346. The fraction of sp³-hybridized carbons (Fsp3) is 0.667. The Kier molecular flexibility index (Phi) is 6.91. The molecule has 0 radical (unpaired) electrons. The molecule has 2 aliphatic rings. The Balaban J connectivity index is 1.66. The number of nitrogens with one attached hydrogen (secondary N) is 2. The van der Waals surface area contributed by atoms with Crippen LogP contribution in [0, 0.1) is 0 Å². The number of fused-ring (bicyclic) bond motifs is 1. The molecule has 34 heavy (non-hydrogen) atoms. The third kappa shape index (κ3) is 4.92. The van der Waals surface area contributed by atoms with Crippen LogP contribution >= 0.6 is 0 Å². The van der Waals surface area contributed by atoms with Gasteiger partial charge in [0, 0.05) is 49.7 Å². The van der Waals surface area contributed by atoms with Crippen LogP contribution in [0.25, 0.3) is 11.0 Å². The quantitative estimate of drug-likeness (QED) is 0.524. The lowest BCUT2D eigenvalue weighted by Crippen LogP contribution is -2.46. The van der Waals surface area contributed by atoms with Crippen molar-refractivity contribution in [1.29, 1.82) is 0 Å². The highest BCUT2D eigenvalue weighted by Gasteiger charge is 2.40. The predicted octanol–water partition coefficient (Wildman–Crippen LogP) is 1.42. The van der Waals surface area contributed by atoms with Crippen molar-refractivity contribution in [2.24, 2.45) is 0 Å². The summed E-state index contributed by atoms with van der Waals surface area (Å²) in [6, 6.07) is 0.737. The second-order valence-corrected chi connectivity index (χ2v) is 11.1. The first-order chi connectivity index (χ1) is 16.0. The maximum atomic E-state index is 13.2. The Labute approximate surface area is 196 Å². The lowest BCUT2D eigenvalue weighted by Gasteiger charge is -2.31. The summed E-state index contributed by atoms with van der Waals surface area (Å²) >= 11 is 0. The van der Waals surface area contributed by atoms with Crippen molar-refractivity contribution in [2.45, 2.75) is 69.6 Å². The molecule has 1 saturated carbocycles. The molecule has 0 spiro atoms. The van der Waals surface area contributed by atoms with Gasteiger partial charge < -0.3 is 10.4 Å². The van der Waals surface area contributed by atoms with Crippen LogP contribution < -0.4 is 15.6 Å². The van der Waals surface area contributed by atoms with Crippen LogP contribution in [-0.2, 0) is 16.6 Å². The van der Waals surface area contributed by atoms with Crippen LogP contribution in [0.3, 0.4) is 0 Å². The molecule has 2 atom stereocenters. The van der Waals surface area contributed by atoms with Crippen molar-refractivity contribution in [3.63, 3.8) is 0 Å². The standard InChI is InChI=1S/C21H30F2N6O4S/c1-21(31)7-3-4-16(21)29-18-14(10-13(19(29)30)11-17(22)23)12-25-20(27-18)26-15-5-8-28(9-6-15)34(32,33)24-2/h10,12,15-17,24,31H,3-9,11H2,1-2H3,(H,25,26,27)/t16-,21-/m1/s1. The minimum Gasteiger partial charge on any atom is -0.388 e. The summed E-state index contributed by atoms with van der Waals surface area (Å²) in [5.74, 6) is 0.259. The van der Waals surface area contributed by atoms with Gasteiger partial charge in [0.15, 0.2) is 0 Å². The van der Waals surface area contributed by atoms with Crippen molar-refractivity contribution in [1.82, 2.24) is 23.6 Å². The van der Waals surface area contributed by atoms with E-state index in [-0.39, 0.29) is 23.2 Å². The number of aliphatic hydroxyl groups is 1. The second-order valence-electron chi connectivity index (χ2n) is 9.20. The molecule has 0 bridgehead atoms. The fourth-order valence-electron chi connectivity index (χ4n) is 4.94. The van der Waals surface area contributed by atoms with Crippen molar-refractivity contribution in [3.05, 3.63) is 28.2 Å². The van der Waals surface area contributed by atoms with E-state index in [4.69, 9.17) is 0 Å². The van der Waals surface area contributed by atoms with Gasteiger partial charge in [-0.15, -0.1) is 0 Å². The Morgan fingerprint density at radius 1 is 1.29 bits per heavy atom. The molecule has 4 rings (SSSR count). The van der Waals surface area contributed by atoms with Gasteiger partial charge in [-0.3, -0.25) is 9.36 Å². The third-order valence-electron chi connectivity index (χ3n) is 6.80. The zero-order valence-corrected chi connectivity index (χ0v) is 20.0. The highest BCUT2D eigenvalue weighted by molar-refractivity contribution is 7.87. The molecule has 10 nitrogen and oxygen atoms in total. The molecule has 0 amide bonds. The van der Waals surface area contributed by atoms with Crippen LogP contribution in [0.1, 0.15) is 50.6 Å². The summed E-state index contributed by atoms with van der Waals surface area (Å²) in [4.78, 5) is 22.1. The van der Waals surface area contributed by atoms with E-state index in [9.17, 15) is 27.1 Å². The molecule has 2 aromatic rings. The number of hydrogen-bond acceptors (Lipinski definition) is 7. The third-order valence-corrected chi connectivity index (χ3v) is 8.36. The van der Waals surface area contributed by atoms with Gasteiger partial charge in [-0.2, -0.15) is 17.7 Å². The smallest absolute Gasteiger partial charge is 0.279 e. The fourth-order valence-corrected chi connectivity index (χ4v) is 5.89. The zero-order chi connectivity index (χ0) is 24.7. The predicted molar refractivity (Wildman–Crippen MR) is 123 cm³/mol. The Morgan fingerprint density at radius 3 is 2.59 bits per heavy atom. The minimum atomic E-state index is -3.48. The molecular weight excluding hydrogens is 470 g/mol. The number of alkyl halides is 2. The van der Waals surface area contributed by atoms with Gasteiger partial charge in [0.05, 0.1) is 11.6 Å². The first-order valence-corrected chi connectivity index (χ1v) is 12.8. The molecule has 2 aromatic heterocycles. The Bertz CT molecular complexity index is 1210. The molecule has 3 N–H and O–H groups in total. The highest BCUT2D eigenvalue weighted by atomic mass is 32.2. The summed E-state index contributed by atoms with van der Waals surface area (Å²) in [5, 5.41) is 14.5. The SMILES string of the molecule is CNS(=O)(=O)N1CCC(Nc2ncc3cc(CC(F)F)c(=O)n([C@@H]4CCC[C@@]4(C)O)c3n2)CC1. The lowest BCUT2D eigenvalue weighted by atomic mass is 9.99. The number of hydrogen-bond donors (Lipinski definition) is 3. The van der Waals surface area contributed by atoms with Gasteiger partial charge in [-0.25, -0.2) is 18.5 Å². The van der Waals surface area contributed by atoms with Crippen LogP contribution in [-0.4, -0.2) is 70.6 Å². The maximum Gasteiger partial charge on any atom is 0.279 e. The summed E-state index contributed by atoms with van der Waals surface area (Å²) in [5.41, 5.74) is -1.49. The highest BCUT2D eigenvalue weighted by Crippen LogP contribution is 2.39. The molecule has 13 heteroatoms. The van der Waals surface area contributed by atoms with E-state index >= 15 is 0 Å². The summed E-state index contributed by atoms with van der Waals surface area (Å²) in [6.07, 6.45) is 0.939. The topological polar surface area (TPSA) is 129 Å². The van der Waals surface area contributed by atoms with Gasteiger partial charge in [-0.05, 0) is 45.1 Å². The molecule has 1 saturated heterocycles. The van der Waals surface area contributed by atoms with E-state index in [1.807, 2.05) is 0 Å². The van der Waals surface area contributed by atoms with Crippen molar-refractivity contribution in [3.8, 4) is 0 Å². The van der Waals surface area contributed by atoms with E-state index in [1.54, 1.807) is 6.92 Å². The molecule has 0 unspecified atom stereocenters. The Hall–Kier alpha value is -2.22. The summed E-state index contributed by atoms with van der Waals surface area (Å²) < 4.78 is 55.2. The number of rotatable bonds is 7. The molecule has 0 aromatic carbocycles. The number of pyridine rings is 1. The summed E-state index contributed by atoms with van der Waals surface area (Å²) in [7, 11) is -2.11. The molecule has 3 heterocycles. The van der Waals surface area contributed by atoms with Crippen molar-refractivity contribution < 1.29 is 22.3 Å². The average Bonchev–Trinajstić information content (AvgIpc) is 3.13. The van der Waals surface area contributed by atoms with E-state index in [0.29, 0.717) is 50.6 Å². The number of piperidine rings is 1. The van der Waals surface area contributed by atoms with Gasteiger partial charge in [0.25, 0.3) is 15.8 Å². The second kappa shape index (κ2) is 9.44. The van der Waals surface area contributed by atoms with E-state index in [2.05, 4.69) is 20.0 Å². The molecule has 1 aliphatic heterocycles. The number of aromatic nitrogens is 3.